The van der Waals surface area contributed by atoms with Gasteiger partial charge in [-0.3, -0.25) is 10.9 Å². The van der Waals surface area contributed by atoms with Gasteiger partial charge in [-0.15, -0.1) is 0 Å². The summed E-state index contributed by atoms with van der Waals surface area (Å²) >= 11 is 0. The molecule has 0 fully saturated rings. The van der Waals surface area contributed by atoms with Crippen LogP contribution in [0.15, 0.2) is 5.18 Å². The van der Waals surface area contributed by atoms with Crippen LogP contribution in [0.1, 0.15) is 19.8 Å². The van der Waals surface area contributed by atoms with E-state index >= 15 is 0 Å². The Labute approximate surface area is 79.6 Å². The summed E-state index contributed by atoms with van der Waals surface area (Å²) in [4.78, 5) is 10.3. The summed E-state index contributed by atoms with van der Waals surface area (Å²) < 4.78 is 0. The van der Waals surface area contributed by atoms with Gasteiger partial charge in [0.15, 0.2) is 0 Å². The first-order valence-corrected chi connectivity index (χ1v) is 4.78. The standard InChI is InChI=1S/C8H20N4O/c1-3-5-10-6-4-8(12-13)7-11-9-2/h8-11H,3-7H2,1-2H3. The van der Waals surface area contributed by atoms with Crippen LogP contribution in [0.25, 0.3) is 0 Å². The van der Waals surface area contributed by atoms with Gasteiger partial charge in [0.2, 0.25) is 0 Å². The monoisotopic (exact) mass is 188 g/mol. The Bertz CT molecular complexity index is 121. The first kappa shape index (κ1) is 12.5. The summed E-state index contributed by atoms with van der Waals surface area (Å²) in [5.74, 6) is 0. The third-order valence-corrected chi connectivity index (χ3v) is 1.74. The molecule has 3 N–H and O–H groups in total. The fourth-order valence-corrected chi connectivity index (χ4v) is 0.982. The van der Waals surface area contributed by atoms with E-state index in [1.165, 1.54) is 0 Å². The molecule has 13 heavy (non-hydrogen) atoms. The molecule has 0 aromatic carbocycles. The van der Waals surface area contributed by atoms with Gasteiger partial charge in [0.05, 0.1) is 0 Å². The van der Waals surface area contributed by atoms with Crippen LogP contribution in [0.2, 0.25) is 0 Å². The zero-order valence-electron chi connectivity index (χ0n) is 8.47. The predicted octanol–water partition coefficient (Wildman–Crippen LogP) is 0.235. The van der Waals surface area contributed by atoms with Gasteiger partial charge in [-0.05, 0) is 33.0 Å². The molecule has 0 radical (unpaired) electrons. The molecule has 0 aliphatic heterocycles. The number of nitroso groups, excluding NO2 is 1. The van der Waals surface area contributed by atoms with Crippen LogP contribution in [-0.4, -0.2) is 32.7 Å². The van der Waals surface area contributed by atoms with Crippen molar-refractivity contribution in [2.45, 2.75) is 25.8 Å². The highest BCUT2D eigenvalue weighted by atomic mass is 16.3. The molecule has 0 aliphatic carbocycles. The van der Waals surface area contributed by atoms with E-state index in [4.69, 9.17) is 0 Å². The van der Waals surface area contributed by atoms with Gasteiger partial charge in [0.25, 0.3) is 0 Å². The van der Waals surface area contributed by atoms with E-state index in [1.54, 1.807) is 7.05 Å². The summed E-state index contributed by atoms with van der Waals surface area (Å²) in [5.41, 5.74) is 5.63. The topological polar surface area (TPSA) is 65.5 Å². The second-order valence-corrected chi connectivity index (χ2v) is 2.93. The van der Waals surface area contributed by atoms with Crippen molar-refractivity contribution in [1.29, 1.82) is 0 Å². The van der Waals surface area contributed by atoms with Crippen LogP contribution in [0.3, 0.4) is 0 Å². The molecule has 0 aromatic rings. The molecular weight excluding hydrogens is 168 g/mol. The first-order valence-electron chi connectivity index (χ1n) is 4.78. The number of rotatable bonds is 9. The van der Waals surface area contributed by atoms with Crippen LogP contribution in [0, 0.1) is 4.91 Å². The number of hydrogen-bond acceptors (Lipinski definition) is 5. The zero-order chi connectivity index (χ0) is 9.94. The Morgan fingerprint density at radius 2 is 2.15 bits per heavy atom. The lowest BCUT2D eigenvalue weighted by Crippen LogP contribution is -2.35. The molecule has 0 aliphatic rings. The second-order valence-electron chi connectivity index (χ2n) is 2.93. The quantitative estimate of drug-likeness (QED) is 0.275. The molecule has 0 heterocycles. The van der Waals surface area contributed by atoms with Crippen molar-refractivity contribution in [3.05, 3.63) is 4.91 Å². The maximum absolute atomic E-state index is 10.3. The SMILES string of the molecule is CCCNCCC(CNNC)N=O. The third-order valence-electron chi connectivity index (χ3n) is 1.74. The first-order chi connectivity index (χ1) is 6.35. The molecule has 0 bridgehead atoms. The Morgan fingerprint density at radius 1 is 1.38 bits per heavy atom. The van der Waals surface area contributed by atoms with Crippen molar-refractivity contribution < 1.29 is 0 Å². The molecular formula is C8H20N4O. The van der Waals surface area contributed by atoms with Crippen LogP contribution in [0.5, 0.6) is 0 Å². The van der Waals surface area contributed by atoms with Crippen molar-refractivity contribution in [3.8, 4) is 0 Å². The van der Waals surface area contributed by atoms with Crippen molar-refractivity contribution in [1.82, 2.24) is 16.2 Å². The lowest BCUT2D eigenvalue weighted by atomic mass is 10.2. The second kappa shape index (κ2) is 9.57. The molecule has 5 nitrogen and oxygen atoms in total. The van der Waals surface area contributed by atoms with E-state index in [-0.39, 0.29) is 6.04 Å². The summed E-state index contributed by atoms with van der Waals surface area (Å²) in [7, 11) is 1.77. The molecule has 0 aromatic heterocycles. The van der Waals surface area contributed by atoms with Gasteiger partial charge in [-0.2, -0.15) is 4.91 Å². The minimum Gasteiger partial charge on any atom is -0.317 e. The Morgan fingerprint density at radius 3 is 2.69 bits per heavy atom. The van der Waals surface area contributed by atoms with E-state index in [9.17, 15) is 4.91 Å². The Hall–Kier alpha value is -0.520. The van der Waals surface area contributed by atoms with Crippen molar-refractivity contribution in [2.75, 3.05) is 26.7 Å². The predicted molar refractivity (Wildman–Crippen MR) is 54.4 cm³/mol. The highest BCUT2D eigenvalue weighted by molar-refractivity contribution is 4.68. The summed E-state index contributed by atoms with van der Waals surface area (Å²) in [6.45, 7) is 4.57. The number of hydrazine groups is 1. The fourth-order valence-electron chi connectivity index (χ4n) is 0.982. The van der Waals surface area contributed by atoms with Crippen molar-refractivity contribution in [2.24, 2.45) is 5.18 Å². The average Bonchev–Trinajstić information content (AvgIpc) is 2.17. The Balaban J connectivity index is 3.31. The smallest absolute Gasteiger partial charge is 0.107 e. The zero-order valence-corrected chi connectivity index (χ0v) is 8.47. The minimum absolute atomic E-state index is 0.142. The fraction of sp³-hybridized carbons (Fsp3) is 1.00. The minimum atomic E-state index is -0.142. The molecule has 0 spiro atoms. The van der Waals surface area contributed by atoms with Gasteiger partial charge in [0.1, 0.15) is 6.04 Å². The third kappa shape index (κ3) is 7.83. The van der Waals surface area contributed by atoms with E-state index in [2.05, 4.69) is 28.3 Å². The van der Waals surface area contributed by atoms with E-state index in [0.717, 1.165) is 25.9 Å². The summed E-state index contributed by atoms with van der Waals surface area (Å²) in [5, 5.41) is 6.26. The summed E-state index contributed by atoms with van der Waals surface area (Å²) in [6.07, 6.45) is 1.91. The van der Waals surface area contributed by atoms with Crippen LogP contribution in [-0.2, 0) is 0 Å². The molecule has 0 rings (SSSR count). The number of nitrogens with zero attached hydrogens (tertiary/aromatic N) is 1. The largest absolute Gasteiger partial charge is 0.317 e. The highest BCUT2D eigenvalue weighted by Gasteiger charge is 2.06. The van der Waals surface area contributed by atoms with E-state index < -0.39 is 0 Å². The van der Waals surface area contributed by atoms with Gasteiger partial charge >= 0.3 is 0 Å². The normalized spacial score (nSPS) is 12.8. The summed E-state index contributed by atoms with van der Waals surface area (Å²) in [6, 6.07) is -0.142. The molecule has 0 saturated heterocycles. The van der Waals surface area contributed by atoms with Gasteiger partial charge < -0.3 is 5.32 Å². The molecule has 78 valence electrons. The molecule has 0 saturated carbocycles. The van der Waals surface area contributed by atoms with Crippen LogP contribution in [0.4, 0.5) is 0 Å². The number of nitrogens with one attached hydrogen (secondary N) is 3. The molecule has 1 unspecified atom stereocenters. The van der Waals surface area contributed by atoms with Gasteiger partial charge in [-0.1, -0.05) is 12.1 Å². The maximum Gasteiger partial charge on any atom is 0.107 e. The highest BCUT2D eigenvalue weighted by Crippen LogP contribution is 1.93. The average molecular weight is 188 g/mol. The molecule has 0 amide bonds. The van der Waals surface area contributed by atoms with Gasteiger partial charge in [-0.25, -0.2) is 0 Å². The molecule has 5 heteroatoms. The lowest BCUT2D eigenvalue weighted by Gasteiger charge is -2.09. The van der Waals surface area contributed by atoms with Crippen molar-refractivity contribution >= 4 is 0 Å². The van der Waals surface area contributed by atoms with E-state index in [1.807, 2.05) is 0 Å². The van der Waals surface area contributed by atoms with Crippen LogP contribution >= 0.6 is 0 Å². The lowest BCUT2D eigenvalue weighted by molar-refractivity contribution is 0.489. The van der Waals surface area contributed by atoms with Crippen molar-refractivity contribution in [3.63, 3.8) is 0 Å². The van der Waals surface area contributed by atoms with Crippen LogP contribution < -0.4 is 16.2 Å². The maximum atomic E-state index is 10.3. The van der Waals surface area contributed by atoms with Gasteiger partial charge in [0, 0.05) is 6.54 Å². The van der Waals surface area contributed by atoms with E-state index in [0.29, 0.717) is 6.54 Å². The molecule has 1 atom stereocenters. The Kier molecular flexibility index (Phi) is 9.18. The number of hydrogen-bond donors (Lipinski definition) is 3.